The minimum atomic E-state index is -0.362. The Balaban J connectivity index is 2.37. The van der Waals surface area contributed by atoms with Crippen LogP contribution in [0, 0.1) is 0 Å². The van der Waals surface area contributed by atoms with Crippen molar-refractivity contribution in [2.24, 2.45) is 0 Å². The Morgan fingerprint density at radius 2 is 1.95 bits per heavy atom. The lowest BCUT2D eigenvalue weighted by Crippen LogP contribution is -2.25. The fraction of sp³-hybridized carbons (Fsp3) is 0.312. The second-order valence-corrected chi connectivity index (χ2v) is 4.60. The topological polar surface area (TPSA) is 61.2 Å². The molecule has 1 aromatic carbocycles. The molecular weight excluding hydrogens is 268 g/mol. The average Bonchev–Trinajstić information content (AvgIpc) is 2.53. The smallest absolute Gasteiger partial charge is 0.277 e. The first-order valence-corrected chi connectivity index (χ1v) is 7.00. The Morgan fingerprint density at radius 3 is 2.52 bits per heavy atom. The van der Waals surface area contributed by atoms with Crippen LogP contribution in [-0.2, 0) is 6.54 Å². The van der Waals surface area contributed by atoms with Gasteiger partial charge in [-0.15, -0.1) is 0 Å². The fourth-order valence-electron chi connectivity index (χ4n) is 1.94. The highest BCUT2D eigenvalue weighted by atomic mass is 16.5. The predicted octanol–water partition coefficient (Wildman–Crippen LogP) is 2.53. The van der Waals surface area contributed by atoms with E-state index in [1.54, 1.807) is 0 Å². The van der Waals surface area contributed by atoms with Crippen LogP contribution in [0.4, 0.5) is 0 Å². The molecule has 0 atom stereocenters. The second kappa shape index (κ2) is 6.83. The summed E-state index contributed by atoms with van der Waals surface area (Å²) in [5.41, 5.74) is 1.19. The van der Waals surface area contributed by atoms with E-state index in [4.69, 9.17) is 4.74 Å². The molecular formula is C16H18N2O3. The van der Waals surface area contributed by atoms with Gasteiger partial charge in [-0.25, -0.2) is 4.68 Å². The summed E-state index contributed by atoms with van der Waals surface area (Å²) in [7, 11) is 0. The lowest BCUT2D eigenvalue weighted by Gasteiger charge is -2.08. The highest BCUT2D eigenvalue weighted by molar-refractivity contribution is 5.76. The molecule has 0 amide bonds. The predicted molar refractivity (Wildman–Crippen MR) is 80.8 cm³/mol. The zero-order valence-corrected chi connectivity index (χ0v) is 12.2. The van der Waals surface area contributed by atoms with E-state index in [0.29, 0.717) is 25.1 Å². The van der Waals surface area contributed by atoms with Gasteiger partial charge in [0.25, 0.3) is 5.56 Å². The van der Waals surface area contributed by atoms with E-state index in [1.807, 2.05) is 38.1 Å². The molecule has 110 valence electrons. The van der Waals surface area contributed by atoms with Gasteiger partial charge in [0.15, 0.2) is 6.29 Å². The number of rotatable bonds is 6. The molecule has 0 aliphatic rings. The molecule has 0 spiro atoms. The van der Waals surface area contributed by atoms with Crippen molar-refractivity contribution >= 4 is 6.29 Å². The van der Waals surface area contributed by atoms with Crippen LogP contribution in [0.3, 0.4) is 0 Å². The SMILES string of the molecule is CCCOc1ccc(-c2cc(C=O)c(=O)n(CC)n2)cc1. The number of carbonyl (C=O) groups excluding carboxylic acids is 1. The van der Waals surface area contributed by atoms with Crippen LogP contribution in [0.5, 0.6) is 5.75 Å². The number of carbonyl (C=O) groups is 1. The van der Waals surface area contributed by atoms with Gasteiger partial charge in [0.2, 0.25) is 0 Å². The highest BCUT2D eigenvalue weighted by Gasteiger charge is 2.08. The minimum Gasteiger partial charge on any atom is -0.494 e. The van der Waals surface area contributed by atoms with Gasteiger partial charge in [-0.3, -0.25) is 9.59 Å². The summed E-state index contributed by atoms with van der Waals surface area (Å²) in [5.74, 6) is 0.792. The third-order valence-corrected chi connectivity index (χ3v) is 3.05. The molecule has 0 aliphatic carbocycles. The Hall–Kier alpha value is -2.43. The van der Waals surface area contributed by atoms with Gasteiger partial charge >= 0.3 is 0 Å². The molecule has 0 bridgehead atoms. The van der Waals surface area contributed by atoms with Crippen LogP contribution >= 0.6 is 0 Å². The van der Waals surface area contributed by atoms with Crippen LogP contribution in [-0.4, -0.2) is 22.7 Å². The molecule has 1 heterocycles. The molecule has 5 nitrogen and oxygen atoms in total. The second-order valence-electron chi connectivity index (χ2n) is 4.60. The van der Waals surface area contributed by atoms with Crippen molar-refractivity contribution in [1.29, 1.82) is 0 Å². The van der Waals surface area contributed by atoms with Crippen molar-refractivity contribution in [2.75, 3.05) is 6.61 Å². The Labute approximate surface area is 123 Å². The van der Waals surface area contributed by atoms with Crippen molar-refractivity contribution in [3.05, 3.63) is 46.2 Å². The first kappa shape index (κ1) is 15.0. The monoisotopic (exact) mass is 286 g/mol. The molecule has 1 aromatic heterocycles. The first-order chi connectivity index (χ1) is 10.2. The highest BCUT2D eigenvalue weighted by Crippen LogP contribution is 2.20. The number of hydrogen-bond acceptors (Lipinski definition) is 4. The molecule has 0 unspecified atom stereocenters. The van der Waals surface area contributed by atoms with Crippen LogP contribution in [0.1, 0.15) is 30.6 Å². The van der Waals surface area contributed by atoms with Crippen molar-refractivity contribution in [3.8, 4) is 17.0 Å². The maximum absolute atomic E-state index is 11.8. The molecule has 0 saturated carbocycles. The number of benzene rings is 1. The Bertz CT molecular complexity index is 675. The van der Waals surface area contributed by atoms with Crippen LogP contribution in [0.15, 0.2) is 35.1 Å². The van der Waals surface area contributed by atoms with Gasteiger partial charge in [-0.2, -0.15) is 5.10 Å². The van der Waals surface area contributed by atoms with Gasteiger partial charge < -0.3 is 4.74 Å². The molecule has 0 radical (unpaired) electrons. The normalized spacial score (nSPS) is 10.4. The van der Waals surface area contributed by atoms with E-state index in [-0.39, 0.29) is 11.1 Å². The Morgan fingerprint density at radius 1 is 1.24 bits per heavy atom. The number of aryl methyl sites for hydroxylation is 1. The number of ether oxygens (including phenoxy) is 1. The molecule has 0 fully saturated rings. The van der Waals surface area contributed by atoms with E-state index in [2.05, 4.69) is 5.10 Å². The van der Waals surface area contributed by atoms with E-state index in [1.165, 1.54) is 10.7 Å². The van der Waals surface area contributed by atoms with E-state index < -0.39 is 0 Å². The molecule has 2 rings (SSSR count). The Kier molecular flexibility index (Phi) is 4.87. The van der Waals surface area contributed by atoms with Crippen molar-refractivity contribution in [1.82, 2.24) is 9.78 Å². The lowest BCUT2D eigenvalue weighted by molar-refractivity contribution is 0.112. The van der Waals surface area contributed by atoms with E-state index in [9.17, 15) is 9.59 Å². The average molecular weight is 286 g/mol. The number of aromatic nitrogens is 2. The van der Waals surface area contributed by atoms with Gasteiger partial charge in [0.05, 0.1) is 17.9 Å². The summed E-state index contributed by atoms with van der Waals surface area (Å²) >= 11 is 0. The number of hydrogen-bond donors (Lipinski definition) is 0. The summed E-state index contributed by atoms with van der Waals surface area (Å²) in [6.07, 6.45) is 1.52. The summed E-state index contributed by atoms with van der Waals surface area (Å²) in [5, 5.41) is 4.27. The third-order valence-electron chi connectivity index (χ3n) is 3.05. The summed E-state index contributed by atoms with van der Waals surface area (Å²) < 4.78 is 6.82. The van der Waals surface area contributed by atoms with Crippen molar-refractivity contribution in [2.45, 2.75) is 26.8 Å². The zero-order chi connectivity index (χ0) is 15.2. The van der Waals surface area contributed by atoms with E-state index in [0.717, 1.165) is 17.7 Å². The molecule has 0 N–H and O–H groups in total. The summed E-state index contributed by atoms with van der Waals surface area (Å²) in [6, 6.07) is 8.96. The first-order valence-electron chi connectivity index (χ1n) is 7.00. The molecule has 0 saturated heterocycles. The van der Waals surface area contributed by atoms with Gasteiger partial charge in [-0.05, 0) is 43.7 Å². The third kappa shape index (κ3) is 3.37. The molecule has 21 heavy (non-hydrogen) atoms. The van der Waals surface area contributed by atoms with E-state index >= 15 is 0 Å². The molecule has 2 aromatic rings. The number of nitrogens with zero attached hydrogens (tertiary/aromatic N) is 2. The maximum atomic E-state index is 11.8. The molecule has 5 heteroatoms. The fourth-order valence-corrected chi connectivity index (χ4v) is 1.94. The zero-order valence-electron chi connectivity index (χ0n) is 12.2. The van der Waals surface area contributed by atoms with Crippen molar-refractivity contribution in [3.63, 3.8) is 0 Å². The van der Waals surface area contributed by atoms with Gasteiger partial charge in [0, 0.05) is 12.1 Å². The summed E-state index contributed by atoms with van der Waals surface area (Å²) in [4.78, 5) is 22.8. The van der Waals surface area contributed by atoms with Crippen molar-refractivity contribution < 1.29 is 9.53 Å². The minimum absolute atomic E-state index is 0.119. The quantitative estimate of drug-likeness (QED) is 0.766. The standard InChI is InChI=1S/C16H18N2O3/c1-3-9-21-14-7-5-12(6-8-14)15-10-13(11-19)16(20)18(4-2)17-15/h5-8,10-11H,3-4,9H2,1-2H3. The summed E-state index contributed by atoms with van der Waals surface area (Å²) in [6.45, 7) is 4.96. The van der Waals surface area contributed by atoms with Crippen LogP contribution < -0.4 is 10.3 Å². The molecule has 0 aliphatic heterocycles. The van der Waals surface area contributed by atoms with Crippen LogP contribution in [0.25, 0.3) is 11.3 Å². The largest absolute Gasteiger partial charge is 0.494 e. The lowest BCUT2D eigenvalue weighted by atomic mass is 10.1. The van der Waals surface area contributed by atoms with Gasteiger partial charge in [-0.1, -0.05) is 6.92 Å². The van der Waals surface area contributed by atoms with Crippen LogP contribution in [0.2, 0.25) is 0 Å². The van der Waals surface area contributed by atoms with Gasteiger partial charge in [0.1, 0.15) is 5.75 Å². The number of aldehydes is 1. The maximum Gasteiger partial charge on any atom is 0.277 e.